The molecule has 0 radical (unpaired) electrons. The predicted octanol–water partition coefficient (Wildman–Crippen LogP) is 2.35. The molecule has 0 amide bonds. The summed E-state index contributed by atoms with van der Waals surface area (Å²) in [5.41, 5.74) is 9.24. The second-order valence-corrected chi connectivity index (χ2v) is 4.23. The summed E-state index contributed by atoms with van der Waals surface area (Å²) in [6.07, 6.45) is 1.94. The smallest absolute Gasteiger partial charge is 0.125 e. The van der Waals surface area contributed by atoms with Crippen molar-refractivity contribution in [1.29, 1.82) is 0 Å². The molecule has 0 aliphatic carbocycles. The monoisotopic (exact) mass is 215 g/mol. The van der Waals surface area contributed by atoms with E-state index in [1.54, 1.807) is 0 Å². The fourth-order valence-electron chi connectivity index (χ4n) is 1.76. The second kappa shape index (κ2) is 4.47. The van der Waals surface area contributed by atoms with Crippen LogP contribution in [0.1, 0.15) is 31.4 Å². The van der Waals surface area contributed by atoms with Crippen LogP contribution < -0.4 is 5.73 Å². The Balaban J connectivity index is 2.25. The number of benzene rings is 1. The van der Waals surface area contributed by atoms with Gasteiger partial charge in [0.15, 0.2) is 0 Å². The molecule has 2 N–H and O–H groups in total. The maximum atomic E-state index is 5.71. The maximum absolute atomic E-state index is 5.71. The Kier molecular flexibility index (Phi) is 3.04. The summed E-state index contributed by atoms with van der Waals surface area (Å²) in [6, 6.07) is 8.51. The lowest BCUT2D eigenvalue weighted by atomic mass is 9.96. The first-order chi connectivity index (χ1) is 7.70. The summed E-state index contributed by atoms with van der Waals surface area (Å²) in [7, 11) is 0. The molecule has 1 aromatic rings. The summed E-state index contributed by atoms with van der Waals surface area (Å²) in [4.78, 5) is 0. The lowest BCUT2D eigenvalue weighted by Gasteiger charge is -2.16. The third kappa shape index (κ3) is 2.13. The van der Waals surface area contributed by atoms with Crippen LogP contribution in [0.15, 0.2) is 34.5 Å². The first-order valence-corrected chi connectivity index (χ1v) is 5.70. The topological polar surface area (TPSA) is 50.7 Å². The Bertz CT molecular complexity index is 429. The molecule has 0 saturated carbocycles. The fourth-order valence-corrected chi connectivity index (χ4v) is 1.76. The lowest BCUT2D eigenvalue weighted by Crippen LogP contribution is -2.26. The minimum atomic E-state index is 0.290. The van der Waals surface area contributed by atoms with Gasteiger partial charge in [-0.3, -0.25) is 0 Å². The van der Waals surface area contributed by atoms with Crippen LogP contribution in [0, 0.1) is 5.92 Å². The van der Waals surface area contributed by atoms with E-state index in [-0.39, 0.29) is 0 Å². The standard InChI is InChI=1S/C13H17N3/c1-3-10-4-6-11(7-5-10)12-8-9(2)13(14)16-15-12/h4-7,9H,3,8H2,1-2H3,(H2,14,16). The molecular formula is C13H17N3. The van der Waals surface area contributed by atoms with Crippen LogP contribution in [0.4, 0.5) is 0 Å². The van der Waals surface area contributed by atoms with E-state index in [1.165, 1.54) is 5.56 Å². The van der Waals surface area contributed by atoms with Crippen LogP contribution in [0.25, 0.3) is 0 Å². The molecule has 2 rings (SSSR count). The first-order valence-electron chi connectivity index (χ1n) is 5.70. The van der Waals surface area contributed by atoms with Gasteiger partial charge in [-0.25, -0.2) is 0 Å². The number of hydrogen-bond acceptors (Lipinski definition) is 3. The van der Waals surface area contributed by atoms with Crippen molar-refractivity contribution in [3.8, 4) is 0 Å². The van der Waals surface area contributed by atoms with Crippen molar-refractivity contribution < 1.29 is 0 Å². The quantitative estimate of drug-likeness (QED) is 0.808. The van der Waals surface area contributed by atoms with Crippen molar-refractivity contribution in [3.05, 3.63) is 35.4 Å². The highest BCUT2D eigenvalue weighted by atomic mass is 15.2. The minimum absolute atomic E-state index is 0.290. The summed E-state index contributed by atoms with van der Waals surface area (Å²) in [5.74, 6) is 0.923. The molecular weight excluding hydrogens is 198 g/mol. The van der Waals surface area contributed by atoms with Crippen molar-refractivity contribution >= 4 is 11.5 Å². The minimum Gasteiger partial charge on any atom is -0.385 e. The number of nitrogens with zero attached hydrogens (tertiary/aromatic N) is 2. The molecule has 0 saturated heterocycles. The predicted molar refractivity (Wildman–Crippen MR) is 67.8 cm³/mol. The van der Waals surface area contributed by atoms with Crippen LogP contribution in [0.2, 0.25) is 0 Å². The molecule has 16 heavy (non-hydrogen) atoms. The molecule has 1 atom stereocenters. The summed E-state index contributed by atoms with van der Waals surface area (Å²) < 4.78 is 0. The van der Waals surface area contributed by atoms with Crippen molar-refractivity contribution in [2.75, 3.05) is 0 Å². The number of nitrogens with two attached hydrogens (primary N) is 1. The number of amidine groups is 1. The molecule has 0 fully saturated rings. The molecule has 0 spiro atoms. The molecule has 0 aromatic heterocycles. The Labute approximate surface area is 96.1 Å². The number of aryl methyl sites for hydroxylation is 1. The third-order valence-corrected chi connectivity index (χ3v) is 2.99. The van der Waals surface area contributed by atoms with Gasteiger partial charge in [0.1, 0.15) is 5.84 Å². The highest BCUT2D eigenvalue weighted by molar-refractivity contribution is 6.04. The average molecular weight is 215 g/mol. The zero-order chi connectivity index (χ0) is 11.5. The van der Waals surface area contributed by atoms with Gasteiger partial charge in [0.05, 0.1) is 5.71 Å². The van der Waals surface area contributed by atoms with Crippen molar-refractivity contribution in [3.63, 3.8) is 0 Å². The highest BCUT2D eigenvalue weighted by Gasteiger charge is 2.16. The number of hydrogen-bond donors (Lipinski definition) is 1. The largest absolute Gasteiger partial charge is 0.385 e. The van der Waals surface area contributed by atoms with Crippen LogP contribution >= 0.6 is 0 Å². The zero-order valence-corrected chi connectivity index (χ0v) is 9.77. The molecule has 3 nitrogen and oxygen atoms in total. The van der Waals surface area contributed by atoms with E-state index in [1.807, 2.05) is 0 Å². The SMILES string of the molecule is CCc1ccc(C2=NN=C(N)C(C)C2)cc1. The van der Waals surface area contributed by atoms with E-state index in [2.05, 4.69) is 48.3 Å². The van der Waals surface area contributed by atoms with E-state index in [9.17, 15) is 0 Å². The Hall–Kier alpha value is -1.64. The maximum Gasteiger partial charge on any atom is 0.125 e. The summed E-state index contributed by atoms with van der Waals surface area (Å²) in [5, 5.41) is 8.16. The Morgan fingerprint density at radius 3 is 2.50 bits per heavy atom. The van der Waals surface area contributed by atoms with Crippen LogP contribution in [0.3, 0.4) is 0 Å². The molecule has 0 bridgehead atoms. The van der Waals surface area contributed by atoms with Gasteiger partial charge < -0.3 is 5.73 Å². The van der Waals surface area contributed by atoms with Crippen molar-refractivity contribution in [2.24, 2.45) is 21.9 Å². The van der Waals surface area contributed by atoms with Crippen LogP contribution in [0.5, 0.6) is 0 Å². The van der Waals surface area contributed by atoms with Gasteiger partial charge in [-0.15, -0.1) is 5.10 Å². The fraction of sp³-hybridized carbons (Fsp3) is 0.385. The summed E-state index contributed by atoms with van der Waals surface area (Å²) >= 11 is 0. The molecule has 1 unspecified atom stereocenters. The lowest BCUT2D eigenvalue weighted by molar-refractivity contribution is 0.779. The Morgan fingerprint density at radius 1 is 1.25 bits per heavy atom. The normalized spacial score (nSPS) is 20.2. The number of rotatable bonds is 2. The van der Waals surface area contributed by atoms with E-state index in [0.717, 1.165) is 24.1 Å². The van der Waals surface area contributed by atoms with Gasteiger partial charge in [-0.1, -0.05) is 38.1 Å². The van der Waals surface area contributed by atoms with E-state index < -0.39 is 0 Å². The second-order valence-electron chi connectivity index (χ2n) is 4.23. The molecule has 84 valence electrons. The molecule has 1 heterocycles. The van der Waals surface area contributed by atoms with Gasteiger partial charge in [0, 0.05) is 12.3 Å². The molecule has 1 aliphatic heterocycles. The van der Waals surface area contributed by atoms with Crippen LogP contribution in [-0.2, 0) is 6.42 Å². The third-order valence-electron chi connectivity index (χ3n) is 2.99. The molecule has 1 aromatic carbocycles. The van der Waals surface area contributed by atoms with Crippen molar-refractivity contribution in [2.45, 2.75) is 26.7 Å². The molecule has 3 heteroatoms. The first kappa shape index (κ1) is 10.9. The van der Waals surface area contributed by atoms with E-state index >= 15 is 0 Å². The van der Waals surface area contributed by atoms with Gasteiger partial charge in [0.2, 0.25) is 0 Å². The van der Waals surface area contributed by atoms with Crippen molar-refractivity contribution in [1.82, 2.24) is 0 Å². The van der Waals surface area contributed by atoms with E-state index in [0.29, 0.717) is 11.8 Å². The van der Waals surface area contributed by atoms with Gasteiger partial charge >= 0.3 is 0 Å². The van der Waals surface area contributed by atoms with Crippen LogP contribution in [-0.4, -0.2) is 11.5 Å². The highest BCUT2D eigenvalue weighted by Crippen LogP contribution is 2.16. The molecule has 1 aliphatic rings. The van der Waals surface area contributed by atoms with Gasteiger partial charge in [0.25, 0.3) is 0 Å². The summed E-state index contributed by atoms with van der Waals surface area (Å²) in [6.45, 7) is 4.23. The van der Waals surface area contributed by atoms with Gasteiger partial charge in [-0.05, 0) is 17.5 Å². The van der Waals surface area contributed by atoms with E-state index in [4.69, 9.17) is 5.73 Å². The zero-order valence-electron chi connectivity index (χ0n) is 9.77. The Morgan fingerprint density at radius 2 is 1.94 bits per heavy atom. The average Bonchev–Trinajstić information content (AvgIpc) is 2.33. The van der Waals surface area contributed by atoms with Gasteiger partial charge in [-0.2, -0.15) is 5.10 Å².